The second kappa shape index (κ2) is 4.78. The number of nitrogens with one attached hydrogen (secondary N) is 1. The summed E-state index contributed by atoms with van der Waals surface area (Å²) in [6, 6.07) is 18.6. The van der Waals surface area contributed by atoms with Crippen LogP contribution in [-0.2, 0) is 0 Å². The van der Waals surface area contributed by atoms with Gasteiger partial charge in [-0.25, -0.2) is 6.57 Å². The van der Waals surface area contributed by atoms with Gasteiger partial charge in [0.2, 0.25) is 0 Å². The van der Waals surface area contributed by atoms with Crippen molar-refractivity contribution in [3.05, 3.63) is 66.0 Å². The Labute approximate surface area is 113 Å². The molecule has 2 aromatic carbocycles. The molecule has 0 saturated heterocycles. The molecule has 0 aliphatic heterocycles. The third-order valence-electron chi connectivity index (χ3n) is 3.74. The molecule has 0 unspecified atom stereocenters. The Kier molecular flexibility index (Phi) is 2.97. The molecule has 1 saturated carbocycles. The number of rotatable bonds is 3. The van der Waals surface area contributed by atoms with E-state index in [1.165, 1.54) is 11.1 Å². The van der Waals surface area contributed by atoms with Gasteiger partial charge in [0, 0.05) is 18.5 Å². The summed E-state index contributed by atoms with van der Waals surface area (Å²) < 4.78 is 0. The van der Waals surface area contributed by atoms with E-state index in [0.29, 0.717) is 0 Å². The van der Waals surface area contributed by atoms with Gasteiger partial charge >= 0.3 is 5.66 Å². The summed E-state index contributed by atoms with van der Waals surface area (Å²) in [4.78, 5) is 3.76. The molecular formula is C17H16N2. The molecule has 1 N–H and O–H groups in total. The fourth-order valence-corrected chi connectivity index (χ4v) is 2.45. The van der Waals surface area contributed by atoms with E-state index in [4.69, 9.17) is 6.57 Å². The van der Waals surface area contributed by atoms with Gasteiger partial charge in [-0.15, -0.1) is 0 Å². The molecule has 2 aromatic rings. The maximum absolute atomic E-state index is 7.34. The van der Waals surface area contributed by atoms with Crippen molar-refractivity contribution in [1.29, 1.82) is 0 Å². The molecular weight excluding hydrogens is 232 g/mol. The molecule has 2 nitrogen and oxygen atoms in total. The molecule has 0 aromatic heterocycles. The van der Waals surface area contributed by atoms with Crippen molar-refractivity contribution in [2.75, 3.05) is 5.32 Å². The van der Waals surface area contributed by atoms with E-state index in [9.17, 15) is 0 Å². The van der Waals surface area contributed by atoms with Crippen LogP contribution < -0.4 is 5.32 Å². The smallest absolute Gasteiger partial charge is 0.305 e. The van der Waals surface area contributed by atoms with Crippen LogP contribution in [0.2, 0.25) is 0 Å². The average Bonchev–Trinajstić information content (AvgIpc) is 2.44. The molecule has 0 amide bonds. The molecule has 1 aliphatic rings. The first-order chi connectivity index (χ1) is 9.31. The number of hydrogen-bond donors (Lipinski definition) is 1. The first-order valence-corrected chi connectivity index (χ1v) is 6.64. The molecule has 3 rings (SSSR count). The van der Waals surface area contributed by atoms with Crippen LogP contribution in [0.25, 0.3) is 16.0 Å². The number of nitrogens with zero attached hydrogens (tertiary/aromatic N) is 1. The Hall–Kier alpha value is -2.27. The van der Waals surface area contributed by atoms with E-state index in [-0.39, 0.29) is 5.66 Å². The van der Waals surface area contributed by atoms with Crippen molar-refractivity contribution >= 4 is 5.69 Å². The minimum absolute atomic E-state index is 0.352. The summed E-state index contributed by atoms with van der Waals surface area (Å²) in [7, 11) is 0. The minimum atomic E-state index is -0.352. The number of hydrogen-bond acceptors (Lipinski definition) is 1. The highest BCUT2D eigenvalue weighted by Gasteiger charge is 2.43. The Morgan fingerprint density at radius 3 is 2.32 bits per heavy atom. The molecule has 1 fully saturated rings. The van der Waals surface area contributed by atoms with Gasteiger partial charge in [0.15, 0.2) is 0 Å². The zero-order valence-electron chi connectivity index (χ0n) is 10.8. The lowest BCUT2D eigenvalue weighted by molar-refractivity contribution is 0.343. The number of anilines is 1. The third kappa shape index (κ3) is 2.32. The first kappa shape index (κ1) is 11.8. The molecule has 19 heavy (non-hydrogen) atoms. The van der Waals surface area contributed by atoms with Crippen LogP contribution in [0.3, 0.4) is 0 Å². The SMILES string of the molecule is [C-]#[N+]C1(Nc2cccc(-c3ccccc3)c2)CCC1. The zero-order valence-corrected chi connectivity index (χ0v) is 10.8. The fourth-order valence-electron chi connectivity index (χ4n) is 2.45. The van der Waals surface area contributed by atoms with Crippen molar-refractivity contribution in [2.45, 2.75) is 24.9 Å². The Balaban J connectivity index is 1.87. The van der Waals surface area contributed by atoms with Gasteiger partial charge in [-0.1, -0.05) is 42.5 Å². The van der Waals surface area contributed by atoms with Crippen molar-refractivity contribution in [3.8, 4) is 11.1 Å². The summed E-state index contributed by atoms with van der Waals surface area (Å²) in [5.74, 6) is 0. The van der Waals surface area contributed by atoms with Crippen LogP contribution in [0.15, 0.2) is 54.6 Å². The molecule has 2 heteroatoms. The monoisotopic (exact) mass is 248 g/mol. The largest absolute Gasteiger partial charge is 0.314 e. The normalized spacial score (nSPS) is 16.2. The van der Waals surface area contributed by atoms with Crippen molar-refractivity contribution in [2.24, 2.45) is 0 Å². The quantitative estimate of drug-likeness (QED) is 0.787. The van der Waals surface area contributed by atoms with Gasteiger partial charge in [-0.3, -0.25) is 4.85 Å². The minimum Gasteiger partial charge on any atom is -0.314 e. The summed E-state index contributed by atoms with van der Waals surface area (Å²) in [6.07, 6.45) is 3.05. The third-order valence-corrected chi connectivity index (χ3v) is 3.74. The van der Waals surface area contributed by atoms with Crippen LogP contribution in [0.1, 0.15) is 19.3 Å². The molecule has 0 heterocycles. The first-order valence-electron chi connectivity index (χ1n) is 6.64. The van der Waals surface area contributed by atoms with E-state index in [1.807, 2.05) is 30.3 Å². The summed E-state index contributed by atoms with van der Waals surface area (Å²) >= 11 is 0. The van der Waals surface area contributed by atoms with Gasteiger partial charge < -0.3 is 5.32 Å². The lowest BCUT2D eigenvalue weighted by Gasteiger charge is -2.31. The molecule has 94 valence electrons. The van der Waals surface area contributed by atoms with Crippen LogP contribution in [0.4, 0.5) is 5.69 Å². The lowest BCUT2D eigenvalue weighted by atomic mass is 9.85. The van der Waals surface area contributed by atoms with E-state index >= 15 is 0 Å². The summed E-state index contributed by atoms with van der Waals surface area (Å²) in [5, 5.41) is 3.40. The Bertz CT molecular complexity index is 607. The van der Waals surface area contributed by atoms with Gasteiger partial charge in [0.05, 0.1) is 0 Å². The zero-order chi connectivity index (χ0) is 13.1. The van der Waals surface area contributed by atoms with Crippen molar-refractivity contribution in [3.63, 3.8) is 0 Å². The highest BCUT2D eigenvalue weighted by atomic mass is 15.1. The molecule has 1 aliphatic carbocycles. The topological polar surface area (TPSA) is 16.4 Å². The Morgan fingerprint density at radius 2 is 1.68 bits per heavy atom. The summed E-state index contributed by atoms with van der Waals surface area (Å²) in [5.41, 5.74) is 3.08. The molecule has 0 spiro atoms. The maximum atomic E-state index is 7.34. The van der Waals surface area contributed by atoms with E-state index < -0.39 is 0 Å². The predicted molar refractivity (Wildman–Crippen MR) is 78.7 cm³/mol. The van der Waals surface area contributed by atoms with Crippen molar-refractivity contribution in [1.82, 2.24) is 0 Å². The van der Waals surface area contributed by atoms with Crippen LogP contribution in [0, 0.1) is 6.57 Å². The van der Waals surface area contributed by atoms with Crippen LogP contribution >= 0.6 is 0 Å². The van der Waals surface area contributed by atoms with E-state index in [0.717, 1.165) is 24.9 Å². The summed E-state index contributed by atoms with van der Waals surface area (Å²) in [6.45, 7) is 7.34. The predicted octanol–water partition coefficient (Wildman–Crippen LogP) is 4.56. The fraction of sp³-hybridized carbons (Fsp3) is 0.235. The highest BCUT2D eigenvalue weighted by molar-refractivity contribution is 5.68. The van der Waals surface area contributed by atoms with Crippen LogP contribution in [-0.4, -0.2) is 5.66 Å². The van der Waals surface area contributed by atoms with E-state index in [1.54, 1.807) is 0 Å². The molecule has 0 bridgehead atoms. The van der Waals surface area contributed by atoms with Crippen molar-refractivity contribution < 1.29 is 0 Å². The molecule has 0 atom stereocenters. The van der Waals surface area contributed by atoms with Gasteiger partial charge in [0.25, 0.3) is 0 Å². The highest BCUT2D eigenvalue weighted by Crippen LogP contribution is 2.37. The standard InChI is InChI=1S/C17H16N2/c1-18-17(11-6-12-17)19-16-10-5-9-15(13-16)14-7-3-2-4-8-14/h2-5,7-10,13,19H,6,11-12H2. The van der Waals surface area contributed by atoms with Gasteiger partial charge in [-0.2, -0.15) is 0 Å². The van der Waals surface area contributed by atoms with Crippen LogP contribution in [0.5, 0.6) is 0 Å². The number of benzene rings is 2. The second-order valence-electron chi connectivity index (χ2n) is 5.07. The van der Waals surface area contributed by atoms with Gasteiger partial charge in [-0.05, 0) is 29.7 Å². The average molecular weight is 248 g/mol. The Morgan fingerprint density at radius 1 is 0.947 bits per heavy atom. The molecule has 0 radical (unpaired) electrons. The van der Waals surface area contributed by atoms with Gasteiger partial charge in [0.1, 0.15) is 0 Å². The second-order valence-corrected chi connectivity index (χ2v) is 5.07. The van der Waals surface area contributed by atoms with E-state index in [2.05, 4.69) is 34.4 Å². The maximum Gasteiger partial charge on any atom is 0.305 e. The lowest BCUT2D eigenvalue weighted by Crippen LogP contribution is -2.41.